The first-order valence-electron chi connectivity index (χ1n) is 6.70. The largest absolute Gasteiger partial charge is 0.612 e. The number of aromatic nitrogens is 3. The molecule has 0 bridgehead atoms. The Morgan fingerprint density at radius 2 is 2.27 bits per heavy atom. The lowest BCUT2D eigenvalue weighted by Crippen LogP contribution is -2.01. The lowest BCUT2D eigenvalue weighted by atomic mass is 10.2. The van der Waals surface area contributed by atoms with Gasteiger partial charge in [0.1, 0.15) is 30.0 Å². The van der Waals surface area contributed by atoms with Crippen LogP contribution in [0.25, 0.3) is 22.4 Å². The summed E-state index contributed by atoms with van der Waals surface area (Å²) in [6.07, 6.45) is 6.72. The normalized spacial score (nSPS) is 12.3. The van der Waals surface area contributed by atoms with Gasteiger partial charge in [-0.15, -0.1) is 0 Å². The van der Waals surface area contributed by atoms with Crippen LogP contribution in [0.15, 0.2) is 54.2 Å². The predicted octanol–water partition coefficient (Wildman–Crippen LogP) is 2.93. The number of nitrogens with zero attached hydrogens (tertiary/aromatic N) is 2. The minimum Gasteiger partial charge on any atom is -0.612 e. The number of fused-ring (bicyclic) bond motifs is 1. The fourth-order valence-corrected chi connectivity index (χ4v) is 2.66. The highest BCUT2D eigenvalue weighted by atomic mass is 32.2. The van der Waals surface area contributed by atoms with Gasteiger partial charge >= 0.3 is 0 Å². The van der Waals surface area contributed by atoms with Crippen molar-refractivity contribution in [1.82, 2.24) is 15.0 Å². The summed E-state index contributed by atoms with van der Waals surface area (Å²) in [5.41, 5.74) is 2.50. The minimum absolute atomic E-state index is 0.370. The Morgan fingerprint density at radius 1 is 1.41 bits per heavy atom. The highest BCUT2D eigenvalue weighted by Gasteiger charge is 2.15. The summed E-state index contributed by atoms with van der Waals surface area (Å²) >= 11 is -1.07. The van der Waals surface area contributed by atoms with Crippen LogP contribution in [0.1, 0.15) is 0 Å². The second kappa shape index (κ2) is 6.21. The maximum absolute atomic E-state index is 11.7. The van der Waals surface area contributed by atoms with Gasteiger partial charge in [-0.3, -0.25) is 4.98 Å². The van der Waals surface area contributed by atoms with E-state index in [0.29, 0.717) is 23.1 Å². The molecule has 2 aromatic heterocycles. The zero-order chi connectivity index (χ0) is 15.5. The van der Waals surface area contributed by atoms with E-state index in [2.05, 4.69) is 21.5 Å². The number of H-pyrrole nitrogens is 1. The Labute approximate surface area is 131 Å². The maximum Gasteiger partial charge on any atom is 0.156 e. The van der Waals surface area contributed by atoms with E-state index in [-0.39, 0.29) is 0 Å². The van der Waals surface area contributed by atoms with Gasteiger partial charge in [0.15, 0.2) is 4.90 Å². The molecule has 0 aliphatic rings. The van der Waals surface area contributed by atoms with Crippen molar-refractivity contribution in [2.75, 3.05) is 12.9 Å². The molecule has 1 unspecified atom stereocenters. The third kappa shape index (κ3) is 2.84. The highest BCUT2D eigenvalue weighted by molar-refractivity contribution is 7.90. The quantitative estimate of drug-likeness (QED) is 0.580. The van der Waals surface area contributed by atoms with E-state index in [4.69, 9.17) is 4.74 Å². The monoisotopic (exact) mass is 313 g/mol. The van der Waals surface area contributed by atoms with Crippen molar-refractivity contribution in [1.29, 1.82) is 0 Å². The van der Waals surface area contributed by atoms with E-state index in [1.807, 2.05) is 18.2 Å². The predicted molar refractivity (Wildman–Crippen MR) is 87.3 cm³/mol. The second-order valence-electron chi connectivity index (χ2n) is 4.69. The zero-order valence-corrected chi connectivity index (χ0v) is 12.9. The molecule has 2 heterocycles. The van der Waals surface area contributed by atoms with E-state index >= 15 is 0 Å². The molecule has 0 spiro atoms. The number of benzene rings is 1. The van der Waals surface area contributed by atoms with Crippen molar-refractivity contribution >= 4 is 22.2 Å². The molecule has 6 heteroatoms. The summed E-state index contributed by atoms with van der Waals surface area (Å²) in [6.45, 7) is 4.02. The van der Waals surface area contributed by atoms with Crippen molar-refractivity contribution in [3.8, 4) is 17.1 Å². The molecule has 3 aromatic rings. The van der Waals surface area contributed by atoms with Crippen LogP contribution in [0.3, 0.4) is 0 Å². The number of hydrogen-bond donors (Lipinski definition) is 1. The Bertz CT molecular complexity index is 781. The Hall–Kier alpha value is -2.31. The van der Waals surface area contributed by atoms with E-state index in [9.17, 15) is 4.55 Å². The fraction of sp³-hybridized carbons (Fsp3) is 0.125. The molecular formula is C16H15N3O2S. The number of ether oxygens (including phenoxy) is 1. The van der Waals surface area contributed by atoms with Crippen LogP contribution in [0, 0.1) is 0 Å². The molecule has 0 fully saturated rings. The van der Waals surface area contributed by atoms with Gasteiger partial charge in [-0.25, -0.2) is 4.98 Å². The third-order valence-corrected chi connectivity index (χ3v) is 4.10. The standard InChI is InChI=1S/C16H15N3O2S/c1-3-8-21-15-9-11(22(2)20)4-5-12(15)16-18-13-6-7-17-10-14(13)19-16/h3-7,9-10H,1,8H2,2H3,(H,18,19). The summed E-state index contributed by atoms with van der Waals surface area (Å²) < 4.78 is 17.4. The molecule has 1 atom stereocenters. The van der Waals surface area contributed by atoms with Gasteiger partial charge in [0.2, 0.25) is 0 Å². The smallest absolute Gasteiger partial charge is 0.156 e. The first-order valence-corrected chi connectivity index (χ1v) is 8.26. The Balaban J connectivity index is 2.09. The maximum atomic E-state index is 11.7. The van der Waals surface area contributed by atoms with Crippen LogP contribution < -0.4 is 4.74 Å². The second-order valence-corrected chi connectivity index (χ2v) is 6.07. The number of hydrogen-bond acceptors (Lipinski definition) is 4. The Kier molecular flexibility index (Phi) is 4.13. The van der Waals surface area contributed by atoms with Gasteiger partial charge in [0.05, 0.1) is 17.3 Å². The number of nitrogens with one attached hydrogen (secondary N) is 1. The molecule has 112 valence electrons. The molecule has 0 saturated heterocycles. The van der Waals surface area contributed by atoms with E-state index in [0.717, 1.165) is 16.6 Å². The molecule has 1 N–H and O–H groups in total. The first kappa shape index (κ1) is 14.6. The Morgan fingerprint density at radius 3 is 3.00 bits per heavy atom. The van der Waals surface area contributed by atoms with Gasteiger partial charge in [-0.2, -0.15) is 0 Å². The summed E-state index contributed by atoms with van der Waals surface area (Å²) in [5, 5.41) is 0. The molecule has 22 heavy (non-hydrogen) atoms. The molecule has 0 amide bonds. The lowest BCUT2D eigenvalue weighted by molar-refractivity contribution is 0.363. The van der Waals surface area contributed by atoms with Gasteiger partial charge in [-0.05, 0) is 29.4 Å². The number of rotatable bonds is 5. The topological polar surface area (TPSA) is 73.9 Å². The highest BCUT2D eigenvalue weighted by Crippen LogP contribution is 2.31. The van der Waals surface area contributed by atoms with E-state index in [1.54, 1.807) is 30.8 Å². The molecule has 5 nitrogen and oxygen atoms in total. The fourth-order valence-electron chi connectivity index (χ4n) is 2.13. The lowest BCUT2D eigenvalue weighted by Gasteiger charge is -2.11. The minimum atomic E-state index is -1.07. The number of pyridine rings is 1. The summed E-state index contributed by atoms with van der Waals surface area (Å²) in [7, 11) is 0. The van der Waals surface area contributed by atoms with Gasteiger partial charge < -0.3 is 14.3 Å². The summed E-state index contributed by atoms with van der Waals surface area (Å²) in [4.78, 5) is 12.5. The van der Waals surface area contributed by atoms with Gasteiger partial charge in [0.25, 0.3) is 0 Å². The van der Waals surface area contributed by atoms with Crippen LogP contribution in [0.2, 0.25) is 0 Å². The molecule has 0 radical (unpaired) electrons. The molecular weight excluding hydrogens is 298 g/mol. The zero-order valence-electron chi connectivity index (χ0n) is 12.1. The number of imidazole rings is 1. The summed E-state index contributed by atoms with van der Waals surface area (Å²) in [6, 6.07) is 7.32. The van der Waals surface area contributed by atoms with Crippen molar-refractivity contribution in [3.05, 3.63) is 49.3 Å². The average Bonchev–Trinajstić information content (AvgIpc) is 2.96. The SMILES string of the molecule is C=CCOc1cc([S+](C)[O-])ccc1-c1nc2cnccc2[nH]1. The van der Waals surface area contributed by atoms with E-state index < -0.39 is 11.2 Å². The molecule has 0 aliphatic heterocycles. The first-order chi connectivity index (χ1) is 10.7. The average molecular weight is 313 g/mol. The van der Waals surface area contributed by atoms with Gasteiger partial charge in [-0.1, -0.05) is 12.7 Å². The van der Waals surface area contributed by atoms with Crippen molar-refractivity contribution in [3.63, 3.8) is 0 Å². The molecule has 1 aromatic carbocycles. The van der Waals surface area contributed by atoms with Crippen LogP contribution in [-0.2, 0) is 11.2 Å². The van der Waals surface area contributed by atoms with Crippen LogP contribution in [-0.4, -0.2) is 32.4 Å². The van der Waals surface area contributed by atoms with Crippen LogP contribution in [0.4, 0.5) is 0 Å². The van der Waals surface area contributed by atoms with Crippen molar-refractivity contribution in [2.45, 2.75) is 4.90 Å². The molecule has 0 aliphatic carbocycles. The van der Waals surface area contributed by atoms with Crippen molar-refractivity contribution in [2.24, 2.45) is 0 Å². The van der Waals surface area contributed by atoms with Crippen molar-refractivity contribution < 1.29 is 9.29 Å². The van der Waals surface area contributed by atoms with E-state index in [1.165, 1.54) is 0 Å². The number of aromatic amines is 1. The third-order valence-electron chi connectivity index (χ3n) is 3.18. The van der Waals surface area contributed by atoms with Gasteiger partial charge in [0, 0.05) is 12.3 Å². The van der Waals surface area contributed by atoms with Crippen LogP contribution in [0.5, 0.6) is 5.75 Å². The summed E-state index contributed by atoms with van der Waals surface area (Å²) in [5.74, 6) is 1.31. The molecule has 3 rings (SSSR count). The van der Waals surface area contributed by atoms with Crippen LogP contribution >= 0.6 is 0 Å². The molecule has 0 saturated carbocycles.